The Morgan fingerprint density at radius 3 is 2.83 bits per heavy atom. The third-order valence-corrected chi connectivity index (χ3v) is 6.18. The van der Waals surface area contributed by atoms with Crippen LogP contribution in [0.2, 0.25) is 5.02 Å². The highest BCUT2D eigenvalue weighted by atomic mass is 79.9. The normalized spacial score (nSPS) is 12.7. The second-order valence-electron chi connectivity index (χ2n) is 3.81. The van der Waals surface area contributed by atoms with Crippen LogP contribution in [0.5, 0.6) is 0 Å². The molecule has 0 spiro atoms. The molecule has 0 aliphatic carbocycles. The van der Waals surface area contributed by atoms with Gasteiger partial charge in [0.2, 0.25) is 0 Å². The molecule has 1 unspecified atom stereocenters. The summed E-state index contributed by atoms with van der Waals surface area (Å²) in [6, 6.07) is 5.15. The number of hydrogen-bond donors (Lipinski definition) is 0. The maximum absolute atomic E-state index is 14.0. The van der Waals surface area contributed by atoms with Gasteiger partial charge < -0.3 is 0 Å². The van der Waals surface area contributed by atoms with Crippen molar-refractivity contribution in [2.24, 2.45) is 0 Å². The summed E-state index contributed by atoms with van der Waals surface area (Å²) < 4.78 is 14.6. The molecule has 0 bridgehead atoms. The monoisotopic (exact) mass is 410 g/mol. The first-order valence-electron chi connectivity index (χ1n) is 5.39. The van der Waals surface area contributed by atoms with Crippen molar-refractivity contribution in [3.63, 3.8) is 0 Å². The lowest BCUT2D eigenvalue weighted by Crippen LogP contribution is -1.97. The van der Waals surface area contributed by atoms with Crippen LogP contribution in [0.3, 0.4) is 0 Å². The lowest BCUT2D eigenvalue weighted by molar-refractivity contribution is 0.613. The molecule has 5 heteroatoms. The van der Waals surface area contributed by atoms with Gasteiger partial charge in [-0.05, 0) is 51.5 Å². The zero-order chi connectivity index (χ0) is 13.3. The van der Waals surface area contributed by atoms with Crippen molar-refractivity contribution in [3.05, 3.63) is 54.9 Å². The van der Waals surface area contributed by atoms with E-state index in [9.17, 15) is 4.39 Å². The molecule has 18 heavy (non-hydrogen) atoms. The minimum Gasteiger partial charge on any atom is -0.207 e. The summed E-state index contributed by atoms with van der Waals surface area (Å²) in [5.41, 5.74) is 1.81. The molecule has 0 aliphatic rings. The van der Waals surface area contributed by atoms with E-state index in [1.807, 2.05) is 5.38 Å². The van der Waals surface area contributed by atoms with Crippen LogP contribution >= 0.6 is 54.8 Å². The highest BCUT2D eigenvalue weighted by molar-refractivity contribution is 9.10. The molecule has 0 saturated carbocycles. The van der Waals surface area contributed by atoms with E-state index in [0.29, 0.717) is 15.1 Å². The fraction of sp³-hybridized carbons (Fsp3) is 0.231. The van der Waals surface area contributed by atoms with Gasteiger partial charge in [-0.3, -0.25) is 0 Å². The molecule has 0 N–H and O–H groups in total. The number of aryl methyl sites for hydroxylation is 1. The van der Waals surface area contributed by atoms with Gasteiger partial charge in [-0.2, -0.15) is 0 Å². The van der Waals surface area contributed by atoms with Gasteiger partial charge in [0.1, 0.15) is 5.82 Å². The fourth-order valence-corrected chi connectivity index (χ4v) is 4.18. The maximum atomic E-state index is 14.0. The van der Waals surface area contributed by atoms with Crippen molar-refractivity contribution in [2.75, 3.05) is 0 Å². The van der Waals surface area contributed by atoms with E-state index in [4.69, 9.17) is 11.6 Å². The van der Waals surface area contributed by atoms with Crippen LogP contribution in [-0.2, 0) is 6.42 Å². The number of alkyl halides is 1. The summed E-state index contributed by atoms with van der Waals surface area (Å²) in [6.07, 6.45) is 0.937. The smallest absolute Gasteiger partial charge is 0.129 e. The van der Waals surface area contributed by atoms with E-state index in [1.165, 1.54) is 11.6 Å². The average Bonchev–Trinajstić information content (AvgIpc) is 2.81. The van der Waals surface area contributed by atoms with E-state index in [2.05, 4.69) is 44.8 Å². The van der Waals surface area contributed by atoms with Crippen LogP contribution in [0.15, 0.2) is 28.1 Å². The SMILES string of the molecule is CCc1ccsc1C(Br)c1cc(Cl)c(Br)cc1F. The lowest BCUT2D eigenvalue weighted by atomic mass is 10.1. The van der Waals surface area contributed by atoms with Crippen LogP contribution in [-0.4, -0.2) is 0 Å². The van der Waals surface area contributed by atoms with Gasteiger partial charge in [-0.15, -0.1) is 11.3 Å². The summed E-state index contributed by atoms with van der Waals surface area (Å²) in [6.45, 7) is 2.09. The second kappa shape index (κ2) is 6.04. The molecule has 0 nitrogen and oxygen atoms in total. The average molecular weight is 413 g/mol. The molecule has 96 valence electrons. The van der Waals surface area contributed by atoms with Gasteiger partial charge in [-0.1, -0.05) is 34.5 Å². The third-order valence-electron chi connectivity index (χ3n) is 2.70. The van der Waals surface area contributed by atoms with Crippen molar-refractivity contribution in [1.82, 2.24) is 0 Å². The van der Waals surface area contributed by atoms with Gasteiger partial charge in [0.05, 0.1) is 9.85 Å². The lowest BCUT2D eigenvalue weighted by Gasteiger charge is -2.13. The number of rotatable bonds is 3. The predicted octanol–water partition coefficient (Wildman–Crippen LogP) is 6.35. The van der Waals surface area contributed by atoms with Crippen molar-refractivity contribution >= 4 is 54.8 Å². The van der Waals surface area contributed by atoms with E-state index in [0.717, 1.165) is 11.3 Å². The van der Waals surface area contributed by atoms with Crippen LogP contribution in [0.25, 0.3) is 0 Å². The fourth-order valence-electron chi connectivity index (χ4n) is 1.74. The van der Waals surface area contributed by atoms with Crippen molar-refractivity contribution < 1.29 is 4.39 Å². The Bertz CT molecular complexity index is 568. The molecule has 0 aliphatic heterocycles. The Hall–Kier alpha value is 0.1000. The molecule has 2 aromatic rings. The van der Waals surface area contributed by atoms with Crippen molar-refractivity contribution in [2.45, 2.75) is 18.2 Å². The number of halogens is 4. The summed E-state index contributed by atoms with van der Waals surface area (Å²) in [7, 11) is 0. The zero-order valence-corrected chi connectivity index (χ0v) is 14.3. The van der Waals surface area contributed by atoms with Crippen LogP contribution in [0.1, 0.15) is 27.8 Å². The van der Waals surface area contributed by atoms with Crippen molar-refractivity contribution in [1.29, 1.82) is 0 Å². The minimum atomic E-state index is -0.261. The largest absolute Gasteiger partial charge is 0.207 e. The van der Waals surface area contributed by atoms with Crippen LogP contribution < -0.4 is 0 Å². The molecule has 1 atom stereocenters. The maximum Gasteiger partial charge on any atom is 0.129 e. The topological polar surface area (TPSA) is 0 Å². The summed E-state index contributed by atoms with van der Waals surface area (Å²) in [4.78, 5) is 0.979. The molecule has 1 aromatic carbocycles. The van der Waals surface area contributed by atoms with Crippen LogP contribution in [0.4, 0.5) is 4.39 Å². The quantitative estimate of drug-likeness (QED) is 0.407. The molecule has 0 saturated heterocycles. The van der Waals surface area contributed by atoms with E-state index in [1.54, 1.807) is 17.4 Å². The molecule has 1 aromatic heterocycles. The number of thiophene rings is 1. The Morgan fingerprint density at radius 1 is 1.44 bits per heavy atom. The molecular weight excluding hydrogens is 402 g/mol. The first-order valence-corrected chi connectivity index (χ1v) is 8.36. The van der Waals surface area contributed by atoms with Gasteiger partial charge in [0, 0.05) is 14.9 Å². The first kappa shape index (κ1) is 14.5. The van der Waals surface area contributed by atoms with E-state index < -0.39 is 0 Å². The Labute approximate surface area is 131 Å². The minimum absolute atomic E-state index is 0.155. The zero-order valence-electron chi connectivity index (χ0n) is 9.51. The van der Waals surface area contributed by atoms with E-state index >= 15 is 0 Å². The molecule has 0 fully saturated rings. The summed E-state index contributed by atoms with van der Waals surface area (Å²) >= 11 is 14.5. The van der Waals surface area contributed by atoms with Crippen molar-refractivity contribution in [3.8, 4) is 0 Å². The molecule has 0 amide bonds. The predicted molar refractivity (Wildman–Crippen MR) is 83.6 cm³/mol. The Balaban J connectivity index is 2.46. The standard InChI is InChI=1S/C13H10Br2ClFS/c1-2-7-3-4-18-13(7)12(15)8-5-10(16)9(14)6-11(8)17/h3-6,12H,2H2,1H3. The second-order valence-corrected chi connectivity index (χ2v) is 6.94. The highest BCUT2D eigenvalue weighted by Gasteiger charge is 2.20. The molecule has 0 radical (unpaired) electrons. The summed E-state index contributed by atoms with van der Waals surface area (Å²) in [5, 5.41) is 2.55. The highest BCUT2D eigenvalue weighted by Crippen LogP contribution is 2.40. The van der Waals surface area contributed by atoms with Gasteiger partial charge in [0.15, 0.2) is 0 Å². The number of benzene rings is 1. The van der Waals surface area contributed by atoms with Gasteiger partial charge >= 0.3 is 0 Å². The molecule has 2 rings (SSSR count). The number of hydrogen-bond acceptors (Lipinski definition) is 1. The van der Waals surface area contributed by atoms with Gasteiger partial charge in [0.25, 0.3) is 0 Å². The van der Waals surface area contributed by atoms with Crippen LogP contribution in [0, 0.1) is 5.82 Å². The summed E-state index contributed by atoms with van der Waals surface area (Å²) in [5.74, 6) is -0.261. The molecule has 1 heterocycles. The molecular formula is C13H10Br2ClFS. The first-order chi connectivity index (χ1) is 8.54. The van der Waals surface area contributed by atoms with Gasteiger partial charge in [-0.25, -0.2) is 4.39 Å². The Morgan fingerprint density at radius 2 is 2.17 bits per heavy atom. The Kier molecular flexibility index (Phi) is 4.86. The van der Waals surface area contributed by atoms with E-state index in [-0.39, 0.29) is 10.6 Å². The third kappa shape index (κ3) is 2.82.